The molecule has 7 nitrogen and oxygen atoms in total. The molecule has 9 heteroatoms. The van der Waals surface area contributed by atoms with Crippen molar-refractivity contribution in [2.75, 3.05) is 19.8 Å². The topological polar surface area (TPSA) is 102 Å². The third-order valence-corrected chi connectivity index (χ3v) is 7.06. The number of nitrogens with zero attached hydrogens (tertiary/aromatic N) is 1. The SMILES string of the molecule is CCC[C@@H]1C[C@H](C(=O)N[C@@H](C[C@H]2O[C@H](SC)[C@H](O)[C@@H](O)[C@H]2O)[C@H](C)Cl)N(C)C1. The molecular weight excluding hydrogens is 404 g/mol. The number of amides is 1. The van der Waals surface area contributed by atoms with Crippen LogP contribution in [0, 0.1) is 5.92 Å². The average molecular weight is 439 g/mol. The second-order valence-corrected chi connectivity index (χ2v) is 9.75. The first-order valence-corrected chi connectivity index (χ1v) is 11.8. The number of nitrogens with one attached hydrogen (secondary N) is 1. The van der Waals surface area contributed by atoms with E-state index in [0.717, 1.165) is 25.8 Å². The Labute approximate surface area is 177 Å². The fourth-order valence-corrected chi connectivity index (χ4v) is 5.09. The van der Waals surface area contributed by atoms with Crippen molar-refractivity contribution >= 4 is 29.3 Å². The molecule has 2 aliphatic heterocycles. The van der Waals surface area contributed by atoms with Gasteiger partial charge in [-0.05, 0) is 45.4 Å². The van der Waals surface area contributed by atoms with Gasteiger partial charge in [0.2, 0.25) is 5.91 Å². The monoisotopic (exact) mass is 438 g/mol. The van der Waals surface area contributed by atoms with Gasteiger partial charge in [-0.1, -0.05) is 13.3 Å². The molecule has 0 radical (unpaired) electrons. The van der Waals surface area contributed by atoms with Crippen LogP contribution in [0.15, 0.2) is 0 Å². The van der Waals surface area contributed by atoms with Gasteiger partial charge in [-0.3, -0.25) is 9.69 Å². The molecule has 0 aliphatic carbocycles. The predicted molar refractivity (Wildman–Crippen MR) is 111 cm³/mol. The van der Waals surface area contributed by atoms with E-state index in [0.29, 0.717) is 5.92 Å². The maximum Gasteiger partial charge on any atom is 0.237 e. The number of rotatable bonds is 8. The third-order valence-electron chi connectivity index (χ3n) is 5.90. The van der Waals surface area contributed by atoms with Gasteiger partial charge in [0.25, 0.3) is 0 Å². The van der Waals surface area contributed by atoms with Gasteiger partial charge in [-0.25, -0.2) is 0 Å². The molecule has 2 heterocycles. The predicted octanol–water partition coefficient (Wildman–Crippen LogP) is 0.780. The summed E-state index contributed by atoms with van der Waals surface area (Å²) in [7, 11) is 1.97. The summed E-state index contributed by atoms with van der Waals surface area (Å²) in [5, 5.41) is 33.1. The van der Waals surface area contributed by atoms with Crippen LogP contribution < -0.4 is 5.32 Å². The molecule has 2 rings (SSSR count). The van der Waals surface area contributed by atoms with Crippen molar-refractivity contribution in [1.29, 1.82) is 0 Å². The Kier molecular flexibility index (Phi) is 9.32. The summed E-state index contributed by atoms with van der Waals surface area (Å²) >= 11 is 7.60. The molecule has 0 unspecified atom stereocenters. The van der Waals surface area contributed by atoms with Crippen LogP contribution in [0.4, 0.5) is 0 Å². The van der Waals surface area contributed by atoms with E-state index in [1.807, 2.05) is 7.05 Å². The molecule has 0 aromatic heterocycles. The first kappa shape index (κ1) is 24.2. The van der Waals surface area contributed by atoms with Crippen molar-refractivity contribution in [3.63, 3.8) is 0 Å². The number of carbonyl (C=O) groups excluding carboxylic acids is 1. The van der Waals surface area contributed by atoms with E-state index in [1.165, 1.54) is 11.8 Å². The molecule has 0 aromatic carbocycles. The van der Waals surface area contributed by atoms with E-state index in [2.05, 4.69) is 17.1 Å². The molecular formula is C19H35ClN2O5S. The zero-order chi connectivity index (χ0) is 21.0. The molecule has 2 fully saturated rings. The molecule has 2 saturated heterocycles. The number of aliphatic hydroxyl groups is 3. The van der Waals surface area contributed by atoms with Gasteiger partial charge in [-0.2, -0.15) is 0 Å². The number of likely N-dealkylation sites (N-methyl/N-ethyl adjacent to an activating group) is 1. The lowest BCUT2D eigenvalue weighted by atomic mass is 9.93. The van der Waals surface area contributed by atoms with Gasteiger partial charge < -0.3 is 25.4 Å². The Morgan fingerprint density at radius 1 is 1.32 bits per heavy atom. The molecule has 0 spiro atoms. The van der Waals surface area contributed by atoms with Gasteiger partial charge in [0, 0.05) is 12.6 Å². The van der Waals surface area contributed by atoms with E-state index >= 15 is 0 Å². The zero-order valence-corrected chi connectivity index (χ0v) is 18.7. The number of thioether (sulfide) groups is 1. The summed E-state index contributed by atoms with van der Waals surface area (Å²) in [6.07, 6.45) is 0.653. The second-order valence-electron chi connectivity index (χ2n) is 8.12. The van der Waals surface area contributed by atoms with Crippen LogP contribution in [0.3, 0.4) is 0 Å². The maximum atomic E-state index is 12.9. The van der Waals surface area contributed by atoms with Crippen LogP contribution in [-0.2, 0) is 9.53 Å². The Hall–Kier alpha value is -0.0900. The summed E-state index contributed by atoms with van der Waals surface area (Å²) < 4.78 is 5.77. The normalized spacial score (nSPS) is 38.9. The third kappa shape index (κ3) is 5.74. The number of carbonyl (C=O) groups is 1. The lowest BCUT2D eigenvalue weighted by Gasteiger charge is -2.41. The fraction of sp³-hybridized carbons (Fsp3) is 0.947. The highest BCUT2D eigenvalue weighted by atomic mass is 35.5. The Morgan fingerprint density at radius 2 is 2.00 bits per heavy atom. The van der Waals surface area contributed by atoms with Crippen molar-refractivity contribution in [2.45, 2.75) is 86.8 Å². The molecule has 0 bridgehead atoms. The first-order valence-electron chi connectivity index (χ1n) is 10.1. The standard InChI is InChI=1S/C19H35ClN2O5S/c1-5-6-11-7-13(22(3)9-11)18(26)21-12(10(2)20)8-14-15(23)16(24)17(25)19(27-14)28-4/h10-17,19,23-25H,5-9H2,1-4H3,(H,21,26)/t10-,11+,12-,13+,14+,15-,16-,17+,19+/m0/s1. The minimum atomic E-state index is -1.30. The summed E-state index contributed by atoms with van der Waals surface area (Å²) in [5.74, 6) is 0.464. The molecule has 0 aromatic rings. The van der Waals surface area contributed by atoms with Gasteiger partial charge in [0.05, 0.1) is 17.5 Å². The smallest absolute Gasteiger partial charge is 0.237 e. The van der Waals surface area contributed by atoms with E-state index in [1.54, 1.807) is 13.2 Å². The lowest BCUT2D eigenvalue weighted by Crippen LogP contribution is -2.58. The van der Waals surface area contributed by atoms with Crippen LogP contribution in [0.2, 0.25) is 0 Å². The molecule has 28 heavy (non-hydrogen) atoms. The maximum absolute atomic E-state index is 12.9. The van der Waals surface area contributed by atoms with Crippen LogP contribution in [0.5, 0.6) is 0 Å². The zero-order valence-electron chi connectivity index (χ0n) is 17.1. The van der Waals surface area contributed by atoms with Gasteiger partial charge in [-0.15, -0.1) is 23.4 Å². The van der Waals surface area contributed by atoms with E-state index in [-0.39, 0.29) is 23.7 Å². The van der Waals surface area contributed by atoms with Gasteiger partial charge in [0.1, 0.15) is 23.7 Å². The van der Waals surface area contributed by atoms with E-state index in [9.17, 15) is 20.1 Å². The van der Waals surface area contributed by atoms with E-state index < -0.39 is 35.9 Å². The number of alkyl halides is 1. The van der Waals surface area contributed by atoms with Crippen molar-refractivity contribution < 1.29 is 24.9 Å². The number of aliphatic hydroxyl groups excluding tert-OH is 3. The number of hydrogen-bond acceptors (Lipinski definition) is 7. The van der Waals surface area contributed by atoms with Gasteiger partial charge in [0.15, 0.2) is 0 Å². The number of ether oxygens (including phenoxy) is 1. The van der Waals surface area contributed by atoms with Crippen LogP contribution in [0.1, 0.15) is 39.5 Å². The van der Waals surface area contributed by atoms with Crippen LogP contribution in [0.25, 0.3) is 0 Å². The van der Waals surface area contributed by atoms with Crippen LogP contribution in [-0.4, -0.2) is 93.3 Å². The summed E-state index contributed by atoms with van der Waals surface area (Å²) in [6.45, 7) is 4.86. The van der Waals surface area contributed by atoms with Crippen molar-refractivity contribution in [3.8, 4) is 0 Å². The van der Waals surface area contributed by atoms with E-state index in [4.69, 9.17) is 16.3 Å². The van der Waals surface area contributed by atoms with Crippen molar-refractivity contribution in [3.05, 3.63) is 0 Å². The molecule has 2 aliphatic rings. The highest BCUT2D eigenvalue weighted by Crippen LogP contribution is 2.30. The largest absolute Gasteiger partial charge is 0.388 e. The highest BCUT2D eigenvalue weighted by Gasteiger charge is 2.45. The Balaban J connectivity index is 2.00. The second kappa shape index (κ2) is 10.8. The summed E-state index contributed by atoms with van der Waals surface area (Å²) in [4.78, 5) is 15.0. The Morgan fingerprint density at radius 3 is 2.57 bits per heavy atom. The number of likely N-dealkylation sites (tertiary alicyclic amines) is 1. The minimum Gasteiger partial charge on any atom is -0.388 e. The molecule has 1 amide bonds. The fourth-order valence-electron chi connectivity index (χ4n) is 4.23. The minimum absolute atomic E-state index is 0.0640. The Bertz CT molecular complexity index is 513. The summed E-state index contributed by atoms with van der Waals surface area (Å²) in [5.41, 5.74) is -0.638. The van der Waals surface area contributed by atoms with Crippen molar-refractivity contribution in [1.82, 2.24) is 10.2 Å². The number of halogens is 1. The number of hydrogen-bond donors (Lipinski definition) is 4. The molecule has 0 saturated carbocycles. The average Bonchev–Trinajstić information content (AvgIpc) is 3.01. The first-order chi connectivity index (χ1) is 13.2. The highest BCUT2D eigenvalue weighted by molar-refractivity contribution is 7.99. The summed E-state index contributed by atoms with van der Waals surface area (Å²) in [6, 6.07) is -0.601. The lowest BCUT2D eigenvalue weighted by molar-refractivity contribution is -0.200. The molecule has 9 atom stereocenters. The quantitative estimate of drug-likeness (QED) is 0.415. The van der Waals surface area contributed by atoms with Crippen molar-refractivity contribution in [2.24, 2.45) is 5.92 Å². The van der Waals surface area contributed by atoms with Gasteiger partial charge >= 0.3 is 0 Å². The molecule has 164 valence electrons. The van der Waals surface area contributed by atoms with Crippen LogP contribution >= 0.6 is 23.4 Å². The molecule has 4 N–H and O–H groups in total.